The number of amides is 1. The predicted octanol–water partition coefficient (Wildman–Crippen LogP) is 2.13. The van der Waals surface area contributed by atoms with Crippen LogP contribution in [-0.2, 0) is 0 Å². The van der Waals surface area contributed by atoms with E-state index in [0.29, 0.717) is 5.92 Å². The van der Waals surface area contributed by atoms with Gasteiger partial charge in [-0.1, -0.05) is 0 Å². The van der Waals surface area contributed by atoms with Crippen molar-refractivity contribution >= 4 is 5.91 Å². The molecule has 0 atom stereocenters. The smallest absolute Gasteiger partial charge is 0.255 e. The number of aryl methyl sites for hydroxylation is 1. The van der Waals surface area contributed by atoms with Crippen LogP contribution >= 0.6 is 0 Å². The lowest BCUT2D eigenvalue weighted by molar-refractivity contribution is 0.0711. The van der Waals surface area contributed by atoms with Gasteiger partial charge in [-0.3, -0.25) is 4.79 Å². The van der Waals surface area contributed by atoms with Crippen molar-refractivity contribution in [3.8, 4) is 0 Å². The summed E-state index contributed by atoms with van der Waals surface area (Å²) in [5.74, 6) is 0.569. The van der Waals surface area contributed by atoms with Crippen molar-refractivity contribution in [2.45, 2.75) is 25.7 Å². The molecule has 0 aliphatic carbocycles. The fourth-order valence-electron chi connectivity index (χ4n) is 2.78. The van der Waals surface area contributed by atoms with E-state index < -0.39 is 0 Å². The largest absolute Gasteiger partial charge is 0.365 e. The number of carbonyl (C=O) groups excluding carboxylic acids is 1. The van der Waals surface area contributed by atoms with Crippen LogP contribution in [0, 0.1) is 6.92 Å². The topological polar surface area (TPSA) is 61.9 Å². The Labute approximate surface area is 118 Å². The van der Waals surface area contributed by atoms with Gasteiger partial charge in [0.2, 0.25) is 0 Å². The number of aromatic amines is 1. The molecule has 0 radical (unpaired) electrons. The van der Waals surface area contributed by atoms with Crippen LogP contribution in [0.2, 0.25) is 0 Å². The van der Waals surface area contributed by atoms with E-state index >= 15 is 0 Å². The highest BCUT2D eigenvalue weighted by atomic mass is 16.2. The Balaban J connectivity index is 1.64. The molecular weight excluding hydrogens is 252 g/mol. The van der Waals surface area contributed by atoms with Gasteiger partial charge in [0.05, 0.1) is 5.56 Å². The molecule has 0 unspecified atom stereocenters. The molecule has 1 N–H and O–H groups in total. The summed E-state index contributed by atoms with van der Waals surface area (Å²) in [6.45, 7) is 3.51. The number of aromatic nitrogens is 3. The van der Waals surface area contributed by atoms with Crippen LogP contribution in [0.25, 0.3) is 0 Å². The summed E-state index contributed by atoms with van der Waals surface area (Å²) in [7, 11) is 0. The first-order valence-corrected chi connectivity index (χ1v) is 6.95. The third kappa shape index (κ3) is 2.43. The highest BCUT2D eigenvalue weighted by Gasteiger charge is 2.26. The Hall–Kier alpha value is -2.17. The van der Waals surface area contributed by atoms with Crippen molar-refractivity contribution in [3.63, 3.8) is 0 Å². The first kappa shape index (κ1) is 12.8. The summed E-state index contributed by atoms with van der Waals surface area (Å²) in [5, 5.41) is 0. The molecule has 1 aliphatic rings. The number of nitrogens with zero attached hydrogens (tertiary/aromatic N) is 3. The van der Waals surface area contributed by atoms with Gasteiger partial charge in [-0.25, -0.2) is 9.97 Å². The van der Waals surface area contributed by atoms with Crippen molar-refractivity contribution < 1.29 is 4.79 Å². The highest BCUT2D eigenvalue weighted by molar-refractivity contribution is 5.95. The van der Waals surface area contributed by atoms with Gasteiger partial charge in [-0.15, -0.1) is 0 Å². The van der Waals surface area contributed by atoms with Gasteiger partial charge >= 0.3 is 0 Å². The van der Waals surface area contributed by atoms with Crippen molar-refractivity contribution in [1.29, 1.82) is 0 Å². The maximum atomic E-state index is 12.4. The zero-order valence-corrected chi connectivity index (χ0v) is 11.5. The minimum Gasteiger partial charge on any atom is -0.365 e. The number of likely N-dealkylation sites (tertiary alicyclic amines) is 1. The van der Waals surface area contributed by atoms with Gasteiger partial charge in [0.1, 0.15) is 6.33 Å². The van der Waals surface area contributed by atoms with E-state index in [0.717, 1.165) is 42.9 Å². The van der Waals surface area contributed by atoms with E-state index in [1.165, 1.54) is 0 Å². The van der Waals surface area contributed by atoms with Crippen LogP contribution in [0.4, 0.5) is 0 Å². The number of carbonyl (C=O) groups is 1. The molecule has 0 spiro atoms. The molecule has 20 heavy (non-hydrogen) atoms. The zero-order chi connectivity index (χ0) is 13.9. The first-order valence-electron chi connectivity index (χ1n) is 6.95. The summed E-state index contributed by atoms with van der Waals surface area (Å²) >= 11 is 0. The second-order valence-corrected chi connectivity index (χ2v) is 5.22. The molecule has 3 heterocycles. The second-order valence-electron chi connectivity index (χ2n) is 5.22. The fraction of sp³-hybridized carbons (Fsp3) is 0.400. The molecule has 3 rings (SSSR count). The molecule has 2 aromatic rings. The number of H-pyrrole nitrogens is 1. The van der Waals surface area contributed by atoms with Gasteiger partial charge in [0.25, 0.3) is 5.91 Å². The normalized spacial score (nSPS) is 16.4. The van der Waals surface area contributed by atoms with Crippen LogP contribution in [0.15, 0.2) is 30.9 Å². The molecule has 1 aliphatic heterocycles. The number of nitrogens with one attached hydrogen (secondary N) is 1. The molecular formula is C15H18N4O. The van der Waals surface area contributed by atoms with Gasteiger partial charge < -0.3 is 9.88 Å². The van der Waals surface area contributed by atoms with Crippen LogP contribution in [0.5, 0.6) is 0 Å². The van der Waals surface area contributed by atoms with Crippen molar-refractivity contribution in [2.75, 3.05) is 13.1 Å². The molecule has 5 heteroatoms. The Bertz CT molecular complexity index is 585. The zero-order valence-electron chi connectivity index (χ0n) is 11.5. The van der Waals surface area contributed by atoms with E-state index in [9.17, 15) is 4.79 Å². The summed E-state index contributed by atoms with van der Waals surface area (Å²) in [4.78, 5) is 25.7. The standard InChI is InChI=1S/C15H18N4O/c1-11-13(2-7-17-11)15(20)19-8-4-12(5-9-19)14-3-6-16-10-18-14/h2-3,6-7,10,12,17H,4-5,8-9H2,1H3. The molecule has 1 fully saturated rings. The van der Waals surface area contributed by atoms with Crippen LogP contribution < -0.4 is 0 Å². The fourth-order valence-corrected chi connectivity index (χ4v) is 2.78. The Morgan fingerprint density at radius 2 is 2.15 bits per heavy atom. The molecule has 1 amide bonds. The van der Waals surface area contributed by atoms with Gasteiger partial charge in [0, 0.05) is 42.8 Å². The molecule has 5 nitrogen and oxygen atoms in total. The Morgan fingerprint density at radius 3 is 2.75 bits per heavy atom. The van der Waals surface area contributed by atoms with Crippen molar-refractivity contribution in [3.05, 3.63) is 47.8 Å². The number of piperidine rings is 1. The summed E-state index contributed by atoms with van der Waals surface area (Å²) in [6.07, 6.45) is 7.12. The minimum absolute atomic E-state index is 0.130. The molecule has 2 aromatic heterocycles. The van der Waals surface area contributed by atoms with Crippen LogP contribution in [-0.4, -0.2) is 38.8 Å². The highest BCUT2D eigenvalue weighted by Crippen LogP contribution is 2.27. The summed E-state index contributed by atoms with van der Waals surface area (Å²) in [6, 6.07) is 3.83. The third-order valence-electron chi connectivity index (χ3n) is 3.99. The van der Waals surface area contributed by atoms with Gasteiger partial charge in [0.15, 0.2) is 0 Å². The van der Waals surface area contributed by atoms with Gasteiger partial charge in [-0.05, 0) is 31.9 Å². The van der Waals surface area contributed by atoms with E-state index in [2.05, 4.69) is 15.0 Å². The average Bonchev–Trinajstić information content (AvgIpc) is 2.94. The van der Waals surface area contributed by atoms with E-state index in [1.807, 2.05) is 30.2 Å². The Morgan fingerprint density at radius 1 is 1.35 bits per heavy atom. The maximum Gasteiger partial charge on any atom is 0.255 e. The summed E-state index contributed by atoms with van der Waals surface area (Å²) in [5.41, 5.74) is 2.81. The van der Waals surface area contributed by atoms with Crippen molar-refractivity contribution in [1.82, 2.24) is 19.9 Å². The average molecular weight is 270 g/mol. The molecule has 104 valence electrons. The van der Waals surface area contributed by atoms with E-state index in [-0.39, 0.29) is 5.91 Å². The number of rotatable bonds is 2. The SMILES string of the molecule is Cc1[nH]ccc1C(=O)N1CCC(c2ccncn2)CC1. The quantitative estimate of drug-likeness (QED) is 0.909. The predicted molar refractivity (Wildman–Crippen MR) is 75.4 cm³/mol. The minimum atomic E-state index is 0.130. The number of hydrogen-bond acceptors (Lipinski definition) is 3. The Kier molecular flexibility index (Phi) is 3.50. The van der Waals surface area contributed by atoms with Crippen LogP contribution in [0.3, 0.4) is 0 Å². The van der Waals surface area contributed by atoms with E-state index in [1.54, 1.807) is 12.5 Å². The lowest BCUT2D eigenvalue weighted by Gasteiger charge is -2.31. The van der Waals surface area contributed by atoms with Gasteiger partial charge in [-0.2, -0.15) is 0 Å². The van der Waals surface area contributed by atoms with Crippen LogP contribution in [0.1, 0.15) is 40.5 Å². The first-order chi connectivity index (χ1) is 9.75. The molecule has 0 saturated carbocycles. The lowest BCUT2D eigenvalue weighted by atomic mass is 9.93. The van der Waals surface area contributed by atoms with E-state index in [4.69, 9.17) is 0 Å². The summed E-state index contributed by atoms with van der Waals surface area (Å²) < 4.78 is 0. The maximum absolute atomic E-state index is 12.4. The molecule has 1 saturated heterocycles. The number of hydrogen-bond donors (Lipinski definition) is 1. The molecule has 0 bridgehead atoms. The van der Waals surface area contributed by atoms with Crippen molar-refractivity contribution in [2.24, 2.45) is 0 Å². The monoisotopic (exact) mass is 270 g/mol. The second kappa shape index (κ2) is 5.45. The molecule has 0 aromatic carbocycles. The lowest BCUT2D eigenvalue weighted by Crippen LogP contribution is -2.38. The third-order valence-corrected chi connectivity index (χ3v) is 3.99.